The van der Waals surface area contributed by atoms with Crippen LogP contribution in [0.15, 0.2) is 42.5 Å². The van der Waals surface area contributed by atoms with Crippen molar-refractivity contribution in [3.05, 3.63) is 64.8 Å². The second-order valence-electron chi connectivity index (χ2n) is 8.56. The van der Waals surface area contributed by atoms with Crippen LogP contribution >= 0.6 is 0 Å². The van der Waals surface area contributed by atoms with Gasteiger partial charge in [-0.25, -0.2) is 0 Å². The van der Waals surface area contributed by atoms with Crippen molar-refractivity contribution in [2.45, 2.75) is 51.2 Å². The molecule has 6 nitrogen and oxygen atoms in total. The Kier molecular flexibility index (Phi) is 6.90. The first-order valence-corrected chi connectivity index (χ1v) is 11.4. The Labute approximate surface area is 194 Å². The number of benzene rings is 2. The van der Waals surface area contributed by atoms with Gasteiger partial charge in [0.25, 0.3) is 5.91 Å². The predicted molar refractivity (Wildman–Crippen MR) is 120 cm³/mol. The van der Waals surface area contributed by atoms with Crippen LogP contribution in [-0.4, -0.2) is 34.7 Å². The molecule has 1 aliphatic rings. The van der Waals surface area contributed by atoms with Gasteiger partial charge < -0.3 is 10.1 Å². The molecule has 1 aromatic heterocycles. The fourth-order valence-corrected chi connectivity index (χ4v) is 4.48. The number of H-pyrrole nitrogens is 1. The zero-order valence-corrected chi connectivity index (χ0v) is 18.7. The van der Waals surface area contributed by atoms with Crippen molar-refractivity contribution in [2.75, 3.05) is 6.61 Å². The van der Waals surface area contributed by atoms with E-state index in [1.807, 2.05) is 12.1 Å². The van der Waals surface area contributed by atoms with Crippen molar-refractivity contribution in [3.8, 4) is 0 Å². The lowest BCUT2D eigenvalue weighted by molar-refractivity contribution is -0.149. The van der Waals surface area contributed by atoms with Gasteiger partial charge in [-0.3, -0.25) is 14.7 Å². The van der Waals surface area contributed by atoms with Crippen LogP contribution in [0.5, 0.6) is 0 Å². The highest BCUT2D eigenvalue weighted by molar-refractivity contribution is 6.06. The topological polar surface area (TPSA) is 84.1 Å². The van der Waals surface area contributed by atoms with E-state index in [-0.39, 0.29) is 29.5 Å². The van der Waals surface area contributed by atoms with Gasteiger partial charge in [-0.05, 0) is 68.4 Å². The van der Waals surface area contributed by atoms with Gasteiger partial charge in [-0.1, -0.05) is 24.3 Å². The smallest absolute Gasteiger partial charge is 0.416 e. The van der Waals surface area contributed by atoms with Crippen molar-refractivity contribution in [1.82, 2.24) is 15.5 Å². The number of fused-ring (bicyclic) bond motifs is 1. The number of hydrogen-bond donors (Lipinski definition) is 2. The Morgan fingerprint density at radius 3 is 2.44 bits per heavy atom. The first kappa shape index (κ1) is 23.8. The second kappa shape index (κ2) is 9.87. The number of rotatable bonds is 6. The van der Waals surface area contributed by atoms with E-state index in [2.05, 4.69) is 15.5 Å². The van der Waals surface area contributed by atoms with Crippen LogP contribution in [0, 0.1) is 5.92 Å². The SMILES string of the molecule is CCOC(=O)C1CCC(NC(=O)c2n[nH]c3cccc(Cc4ccc(C(F)(F)F)cc4)c23)CC1. The summed E-state index contributed by atoms with van der Waals surface area (Å²) in [6.07, 6.45) is -1.36. The average molecular weight is 473 g/mol. The predicted octanol–water partition coefficient (Wildman–Crippen LogP) is 5.02. The van der Waals surface area contributed by atoms with Gasteiger partial charge in [0.2, 0.25) is 0 Å². The van der Waals surface area contributed by atoms with Gasteiger partial charge in [-0.15, -0.1) is 0 Å². The van der Waals surface area contributed by atoms with Crippen LogP contribution in [0.1, 0.15) is 59.8 Å². The molecule has 2 N–H and O–H groups in total. The van der Waals surface area contributed by atoms with Gasteiger partial charge in [0.15, 0.2) is 5.69 Å². The molecular formula is C25H26F3N3O3. The molecule has 0 radical (unpaired) electrons. The van der Waals surface area contributed by atoms with Crippen molar-refractivity contribution in [1.29, 1.82) is 0 Å². The van der Waals surface area contributed by atoms with E-state index in [1.165, 1.54) is 12.1 Å². The molecule has 0 unspecified atom stereocenters. The number of esters is 1. The first-order chi connectivity index (χ1) is 16.3. The van der Waals surface area contributed by atoms with Gasteiger partial charge in [-0.2, -0.15) is 18.3 Å². The minimum Gasteiger partial charge on any atom is -0.466 e. The molecule has 0 aliphatic heterocycles. The van der Waals surface area contributed by atoms with Crippen molar-refractivity contribution >= 4 is 22.8 Å². The maximum atomic E-state index is 13.1. The molecule has 1 saturated carbocycles. The third kappa shape index (κ3) is 5.24. The monoisotopic (exact) mass is 473 g/mol. The summed E-state index contributed by atoms with van der Waals surface area (Å²) in [4.78, 5) is 25.0. The highest BCUT2D eigenvalue weighted by atomic mass is 19.4. The van der Waals surface area contributed by atoms with Crippen LogP contribution in [0.25, 0.3) is 10.9 Å². The van der Waals surface area contributed by atoms with Crippen molar-refractivity contribution < 1.29 is 27.5 Å². The molecule has 1 amide bonds. The van der Waals surface area contributed by atoms with E-state index >= 15 is 0 Å². The van der Waals surface area contributed by atoms with Gasteiger partial charge >= 0.3 is 12.1 Å². The zero-order chi connectivity index (χ0) is 24.3. The summed E-state index contributed by atoms with van der Waals surface area (Å²) in [7, 11) is 0. The molecule has 180 valence electrons. The molecule has 2 aromatic carbocycles. The van der Waals surface area contributed by atoms with E-state index in [0.29, 0.717) is 55.2 Å². The van der Waals surface area contributed by atoms with E-state index in [1.54, 1.807) is 13.0 Å². The Balaban J connectivity index is 1.48. The van der Waals surface area contributed by atoms with Crippen LogP contribution in [-0.2, 0) is 22.1 Å². The molecule has 0 saturated heterocycles. The van der Waals surface area contributed by atoms with Gasteiger partial charge in [0.1, 0.15) is 0 Å². The number of carbonyl (C=O) groups excluding carboxylic acids is 2. The number of hydrogen-bond acceptors (Lipinski definition) is 4. The van der Waals surface area contributed by atoms with E-state index < -0.39 is 11.7 Å². The van der Waals surface area contributed by atoms with E-state index in [9.17, 15) is 22.8 Å². The van der Waals surface area contributed by atoms with Crippen LogP contribution in [0.2, 0.25) is 0 Å². The average Bonchev–Trinajstić information content (AvgIpc) is 3.25. The molecular weight excluding hydrogens is 447 g/mol. The number of ether oxygens (including phenoxy) is 1. The molecule has 0 atom stereocenters. The lowest BCUT2D eigenvalue weighted by atomic mass is 9.86. The molecule has 0 spiro atoms. The lowest BCUT2D eigenvalue weighted by Gasteiger charge is -2.27. The van der Waals surface area contributed by atoms with Crippen molar-refractivity contribution in [3.63, 3.8) is 0 Å². The van der Waals surface area contributed by atoms with Crippen LogP contribution in [0.4, 0.5) is 13.2 Å². The summed E-state index contributed by atoms with van der Waals surface area (Å²) >= 11 is 0. The molecule has 9 heteroatoms. The Bertz CT molecular complexity index is 1160. The fraction of sp³-hybridized carbons (Fsp3) is 0.400. The Morgan fingerprint density at radius 1 is 1.09 bits per heavy atom. The highest BCUT2D eigenvalue weighted by Crippen LogP contribution is 2.30. The molecule has 1 aliphatic carbocycles. The number of amides is 1. The second-order valence-corrected chi connectivity index (χ2v) is 8.56. The third-order valence-corrected chi connectivity index (χ3v) is 6.25. The minimum absolute atomic E-state index is 0.0630. The fourth-order valence-electron chi connectivity index (χ4n) is 4.48. The minimum atomic E-state index is -4.39. The summed E-state index contributed by atoms with van der Waals surface area (Å²) in [6, 6.07) is 10.4. The summed E-state index contributed by atoms with van der Waals surface area (Å²) in [5, 5.41) is 10.8. The molecule has 3 aromatic rings. The number of alkyl halides is 3. The quantitative estimate of drug-likeness (QED) is 0.492. The number of carbonyl (C=O) groups is 2. The highest BCUT2D eigenvalue weighted by Gasteiger charge is 2.30. The lowest BCUT2D eigenvalue weighted by Crippen LogP contribution is -2.39. The molecule has 1 heterocycles. The Hall–Kier alpha value is -3.36. The number of nitrogens with zero attached hydrogens (tertiary/aromatic N) is 1. The van der Waals surface area contributed by atoms with Crippen LogP contribution in [0.3, 0.4) is 0 Å². The summed E-state index contributed by atoms with van der Waals surface area (Å²) < 4.78 is 43.7. The number of halogens is 3. The van der Waals surface area contributed by atoms with E-state index in [4.69, 9.17) is 4.74 Å². The summed E-state index contributed by atoms with van der Waals surface area (Å²) in [6.45, 7) is 2.14. The largest absolute Gasteiger partial charge is 0.466 e. The molecule has 0 bridgehead atoms. The van der Waals surface area contributed by atoms with Gasteiger partial charge in [0, 0.05) is 11.4 Å². The molecule has 1 fully saturated rings. The van der Waals surface area contributed by atoms with E-state index in [0.717, 1.165) is 17.7 Å². The zero-order valence-electron chi connectivity index (χ0n) is 18.7. The first-order valence-electron chi connectivity index (χ1n) is 11.4. The Morgan fingerprint density at radius 2 is 1.79 bits per heavy atom. The standard InChI is InChI=1S/C25H26F3N3O3/c1-2-34-24(33)16-8-12-19(13-9-16)29-23(32)22-21-17(4-3-5-20(21)30-31-22)14-15-6-10-18(11-7-15)25(26,27)28/h3-7,10-11,16,19H,2,8-9,12-14H2,1H3,(H,29,32)(H,30,31). The van der Waals surface area contributed by atoms with Gasteiger partial charge in [0.05, 0.1) is 23.6 Å². The maximum Gasteiger partial charge on any atom is 0.416 e. The van der Waals surface area contributed by atoms with Crippen molar-refractivity contribution in [2.24, 2.45) is 5.92 Å². The van der Waals surface area contributed by atoms with Crippen LogP contribution < -0.4 is 5.32 Å². The molecule has 34 heavy (non-hydrogen) atoms. The third-order valence-electron chi connectivity index (χ3n) is 6.25. The summed E-state index contributed by atoms with van der Waals surface area (Å²) in [5.74, 6) is -0.626. The number of aromatic amines is 1. The molecule has 4 rings (SSSR count). The maximum absolute atomic E-state index is 13.1. The normalized spacial score (nSPS) is 18.6. The number of nitrogens with one attached hydrogen (secondary N) is 2. The summed E-state index contributed by atoms with van der Waals surface area (Å²) in [5.41, 5.74) is 1.73. The number of aromatic nitrogens is 2.